The molecule has 0 aromatic rings. The second-order valence-corrected chi connectivity index (χ2v) is 8.03. The minimum atomic E-state index is 0.259. The topological polar surface area (TPSA) is 3.24 Å². The molecule has 0 aromatic heterocycles. The standard InChI is InChI=1S/C17H32FNS/c1-5-7-12(3)16-10-15(20-18)9-14-11-19(8-6-2)13(4)17(14)16/h12-17H,5-11H2,1-4H3/t12?,13-,14?,15?,16-,17?/m1/s1. The number of hydrogen-bond acceptors (Lipinski definition) is 2. The number of likely N-dealkylation sites (tertiary alicyclic amines) is 1. The van der Waals surface area contributed by atoms with E-state index in [1.54, 1.807) is 0 Å². The van der Waals surface area contributed by atoms with Crippen molar-refractivity contribution in [2.75, 3.05) is 13.1 Å². The molecule has 1 saturated heterocycles. The molecule has 118 valence electrons. The highest BCUT2D eigenvalue weighted by Gasteiger charge is 2.48. The van der Waals surface area contributed by atoms with Gasteiger partial charge in [-0.25, -0.2) is 0 Å². The molecule has 4 unspecified atom stereocenters. The summed E-state index contributed by atoms with van der Waals surface area (Å²) < 4.78 is 13.2. The monoisotopic (exact) mass is 301 g/mol. The van der Waals surface area contributed by atoms with Gasteiger partial charge in [0.2, 0.25) is 0 Å². The van der Waals surface area contributed by atoms with Crippen molar-refractivity contribution in [3.8, 4) is 0 Å². The zero-order valence-corrected chi connectivity index (χ0v) is 14.5. The van der Waals surface area contributed by atoms with E-state index in [9.17, 15) is 3.89 Å². The van der Waals surface area contributed by atoms with Crippen molar-refractivity contribution < 1.29 is 3.89 Å². The molecule has 1 nitrogen and oxygen atoms in total. The molecule has 0 amide bonds. The Hall–Kier alpha value is 0.240. The summed E-state index contributed by atoms with van der Waals surface area (Å²) in [5, 5.41) is 0.259. The Balaban J connectivity index is 2.12. The summed E-state index contributed by atoms with van der Waals surface area (Å²) in [7, 11) is 0. The van der Waals surface area contributed by atoms with E-state index < -0.39 is 0 Å². The van der Waals surface area contributed by atoms with Gasteiger partial charge in [-0.1, -0.05) is 33.6 Å². The second kappa shape index (κ2) is 7.49. The highest BCUT2D eigenvalue weighted by molar-refractivity contribution is 7.94. The maximum Gasteiger partial charge on any atom is 0.0477 e. The lowest BCUT2D eigenvalue weighted by Crippen LogP contribution is -2.40. The Kier molecular flexibility index (Phi) is 6.22. The number of halogens is 1. The van der Waals surface area contributed by atoms with Gasteiger partial charge in [-0.2, -0.15) is 3.89 Å². The smallest absolute Gasteiger partial charge is 0.0477 e. The summed E-state index contributed by atoms with van der Waals surface area (Å²) in [6.07, 6.45) is 6.01. The summed E-state index contributed by atoms with van der Waals surface area (Å²) in [6.45, 7) is 11.8. The van der Waals surface area contributed by atoms with Crippen LogP contribution in [0.4, 0.5) is 3.89 Å². The first-order valence-electron chi connectivity index (χ1n) is 8.63. The molecule has 20 heavy (non-hydrogen) atoms. The van der Waals surface area contributed by atoms with Crippen molar-refractivity contribution in [1.29, 1.82) is 0 Å². The van der Waals surface area contributed by atoms with Crippen LogP contribution in [0.5, 0.6) is 0 Å². The largest absolute Gasteiger partial charge is 0.300 e. The van der Waals surface area contributed by atoms with Crippen LogP contribution in [0.25, 0.3) is 0 Å². The Morgan fingerprint density at radius 1 is 1.25 bits per heavy atom. The number of nitrogens with zero attached hydrogens (tertiary/aromatic N) is 1. The molecule has 1 heterocycles. The van der Waals surface area contributed by atoms with E-state index in [2.05, 4.69) is 32.6 Å². The van der Waals surface area contributed by atoms with Crippen LogP contribution in [0, 0.1) is 23.7 Å². The van der Waals surface area contributed by atoms with Crippen molar-refractivity contribution in [3.05, 3.63) is 0 Å². The maximum absolute atomic E-state index is 13.2. The minimum Gasteiger partial charge on any atom is -0.300 e. The Morgan fingerprint density at radius 3 is 2.60 bits per heavy atom. The van der Waals surface area contributed by atoms with Crippen LogP contribution in [0.3, 0.4) is 0 Å². The van der Waals surface area contributed by atoms with E-state index in [4.69, 9.17) is 0 Å². The molecule has 1 saturated carbocycles. The molecule has 6 atom stereocenters. The fraction of sp³-hybridized carbons (Fsp3) is 1.00. The number of fused-ring (bicyclic) bond motifs is 1. The molecule has 0 spiro atoms. The van der Waals surface area contributed by atoms with Crippen molar-refractivity contribution in [2.24, 2.45) is 23.7 Å². The van der Waals surface area contributed by atoms with Crippen LogP contribution >= 0.6 is 12.1 Å². The van der Waals surface area contributed by atoms with Crippen molar-refractivity contribution >= 4 is 12.1 Å². The molecule has 1 aliphatic heterocycles. The lowest BCUT2D eigenvalue weighted by Gasteiger charge is -2.42. The fourth-order valence-electron chi connectivity index (χ4n) is 5.00. The zero-order valence-electron chi connectivity index (χ0n) is 13.6. The first-order valence-corrected chi connectivity index (χ1v) is 9.41. The second-order valence-electron chi connectivity index (χ2n) is 7.19. The van der Waals surface area contributed by atoms with Crippen molar-refractivity contribution in [3.63, 3.8) is 0 Å². The van der Waals surface area contributed by atoms with E-state index in [-0.39, 0.29) is 5.25 Å². The molecule has 3 heteroatoms. The Labute approximate surface area is 129 Å². The molecule has 0 radical (unpaired) electrons. The molecule has 2 aliphatic rings. The van der Waals surface area contributed by atoms with Gasteiger partial charge >= 0.3 is 0 Å². The summed E-state index contributed by atoms with van der Waals surface area (Å²) in [4.78, 5) is 2.67. The molecule has 0 N–H and O–H groups in total. The molecule has 2 fully saturated rings. The van der Waals surface area contributed by atoms with Crippen LogP contribution in [0.2, 0.25) is 0 Å². The molecule has 1 aliphatic carbocycles. The normalized spacial score (nSPS) is 39.8. The van der Waals surface area contributed by atoms with Crippen LogP contribution in [-0.2, 0) is 0 Å². The van der Waals surface area contributed by atoms with E-state index in [0.717, 1.165) is 36.5 Å². The predicted octanol–water partition coefficient (Wildman–Crippen LogP) is 5.17. The third-order valence-electron chi connectivity index (χ3n) is 5.85. The Bertz CT molecular complexity index is 299. The SMILES string of the molecule is CCCC(C)[C@H]1CC(SF)CC2CN(CCC)[C@H](C)C21. The van der Waals surface area contributed by atoms with Crippen LogP contribution in [0.1, 0.15) is 59.8 Å². The summed E-state index contributed by atoms with van der Waals surface area (Å²) in [5.41, 5.74) is 0. The zero-order chi connectivity index (χ0) is 14.7. The van der Waals surface area contributed by atoms with Crippen molar-refractivity contribution in [1.82, 2.24) is 4.90 Å². The van der Waals surface area contributed by atoms with Crippen LogP contribution < -0.4 is 0 Å². The van der Waals surface area contributed by atoms with Crippen molar-refractivity contribution in [2.45, 2.75) is 71.1 Å². The third kappa shape index (κ3) is 3.35. The molecular weight excluding hydrogens is 269 g/mol. The number of hydrogen-bond donors (Lipinski definition) is 0. The van der Waals surface area contributed by atoms with Gasteiger partial charge in [0.05, 0.1) is 0 Å². The lowest BCUT2D eigenvalue weighted by atomic mass is 9.66. The molecule has 0 bridgehead atoms. The Morgan fingerprint density at radius 2 is 2.00 bits per heavy atom. The summed E-state index contributed by atoms with van der Waals surface area (Å²) >= 11 is 0.631. The summed E-state index contributed by atoms with van der Waals surface area (Å²) in [6, 6.07) is 0.704. The quantitative estimate of drug-likeness (QED) is 0.666. The van der Waals surface area contributed by atoms with Gasteiger partial charge in [0, 0.05) is 30.0 Å². The minimum absolute atomic E-state index is 0.259. The van der Waals surface area contributed by atoms with Gasteiger partial charge in [0.15, 0.2) is 0 Å². The average Bonchev–Trinajstić information content (AvgIpc) is 2.75. The molecule has 0 aromatic carbocycles. The molecule has 2 rings (SSSR count). The fourth-order valence-corrected chi connectivity index (χ4v) is 5.61. The van der Waals surface area contributed by atoms with Gasteiger partial charge in [-0.05, 0) is 56.4 Å². The highest BCUT2D eigenvalue weighted by atomic mass is 32.2. The van der Waals surface area contributed by atoms with Crippen LogP contribution in [0.15, 0.2) is 0 Å². The first-order chi connectivity index (χ1) is 9.62. The van der Waals surface area contributed by atoms with E-state index >= 15 is 0 Å². The van der Waals surface area contributed by atoms with Gasteiger partial charge in [0.1, 0.15) is 0 Å². The molecular formula is C17H32FNS. The maximum atomic E-state index is 13.2. The predicted molar refractivity (Wildman–Crippen MR) is 87.6 cm³/mol. The van der Waals surface area contributed by atoms with E-state index in [1.807, 2.05) is 0 Å². The van der Waals surface area contributed by atoms with Gasteiger partial charge in [0.25, 0.3) is 0 Å². The van der Waals surface area contributed by atoms with Gasteiger partial charge < -0.3 is 4.90 Å². The average molecular weight is 302 g/mol. The third-order valence-corrected chi connectivity index (χ3v) is 6.49. The van der Waals surface area contributed by atoms with Gasteiger partial charge in [-0.15, -0.1) is 0 Å². The van der Waals surface area contributed by atoms with E-state index in [1.165, 1.54) is 32.4 Å². The first kappa shape index (κ1) is 16.6. The number of rotatable bonds is 6. The van der Waals surface area contributed by atoms with E-state index in [0.29, 0.717) is 18.2 Å². The summed E-state index contributed by atoms with van der Waals surface area (Å²) in [5.74, 6) is 3.04. The lowest BCUT2D eigenvalue weighted by molar-refractivity contribution is 0.111. The van der Waals surface area contributed by atoms with Gasteiger partial charge in [-0.3, -0.25) is 0 Å². The highest BCUT2D eigenvalue weighted by Crippen LogP contribution is 2.50. The van der Waals surface area contributed by atoms with Crippen LogP contribution in [-0.4, -0.2) is 29.3 Å².